The van der Waals surface area contributed by atoms with Crippen LogP contribution in [0.1, 0.15) is 66.3 Å². The van der Waals surface area contributed by atoms with Crippen LogP contribution in [0.4, 0.5) is 0 Å². The smallest absolute Gasteiger partial charge is 0.274 e. The molecule has 1 amide bonds. The Labute approximate surface area is 173 Å². The number of aromatic nitrogens is 3. The van der Waals surface area contributed by atoms with Gasteiger partial charge in [-0.3, -0.25) is 14.4 Å². The quantitative estimate of drug-likeness (QED) is 0.747. The lowest BCUT2D eigenvalue weighted by Crippen LogP contribution is -2.37. The van der Waals surface area contributed by atoms with E-state index in [1.807, 2.05) is 17.9 Å². The predicted molar refractivity (Wildman–Crippen MR) is 111 cm³/mol. The Morgan fingerprint density at radius 3 is 2.76 bits per heavy atom. The van der Waals surface area contributed by atoms with Crippen molar-refractivity contribution in [2.45, 2.75) is 72.0 Å². The Hall–Kier alpha value is -2.15. The Bertz CT molecular complexity index is 863. The predicted octanol–water partition coefficient (Wildman–Crippen LogP) is 3.06. The molecule has 4 rings (SSSR count). The van der Waals surface area contributed by atoms with Gasteiger partial charge in [0.05, 0.1) is 12.2 Å². The van der Waals surface area contributed by atoms with Gasteiger partial charge in [-0.25, -0.2) is 0 Å². The summed E-state index contributed by atoms with van der Waals surface area (Å²) in [7, 11) is 2.13. The van der Waals surface area contributed by atoms with Crippen molar-refractivity contribution in [3.05, 3.63) is 34.5 Å². The van der Waals surface area contributed by atoms with Gasteiger partial charge in [0.1, 0.15) is 0 Å². The maximum atomic E-state index is 13.2. The zero-order chi connectivity index (χ0) is 20.5. The summed E-state index contributed by atoms with van der Waals surface area (Å²) in [5.41, 5.74) is 4.03. The van der Waals surface area contributed by atoms with Gasteiger partial charge in [-0.2, -0.15) is 5.10 Å². The number of aryl methyl sites for hydroxylation is 1. The molecule has 0 aromatic carbocycles. The third-order valence-electron chi connectivity index (χ3n) is 6.16. The van der Waals surface area contributed by atoms with Crippen LogP contribution < -0.4 is 0 Å². The monoisotopic (exact) mass is 399 g/mol. The molecule has 0 saturated carbocycles. The summed E-state index contributed by atoms with van der Waals surface area (Å²) >= 11 is 0. The molecule has 158 valence electrons. The van der Waals surface area contributed by atoms with E-state index in [4.69, 9.17) is 9.62 Å². The van der Waals surface area contributed by atoms with E-state index in [2.05, 4.69) is 35.6 Å². The molecule has 1 saturated heterocycles. The number of likely N-dealkylation sites (N-methyl/N-ethyl adjacent to an activating group) is 1. The fraction of sp³-hybridized carbons (Fsp3) is 0.682. The number of likely N-dealkylation sites (tertiary alicyclic amines) is 1. The number of hydrogen-bond acceptors (Lipinski definition) is 5. The van der Waals surface area contributed by atoms with E-state index in [1.54, 1.807) is 0 Å². The van der Waals surface area contributed by atoms with Gasteiger partial charge in [-0.15, -0.1) is 0 Å². The standard InChI is InChI=1S/C22H33N5O2/c1-15(2)13-27-20-8-7-17(25(4)14-18-11-16(3)24-29-18)12-19(20)21(23-27)22(28)26-9-5-6-10-26/h11,15,17H,5-10,12-14H2,1-4H3. The maximum absolute atomic E-state index is 13.2. The van der Waals surface area contributed by atoms with E-state index in [1.165, 1.54) is 11.3 Å². The van der Waals surface area contributed by atoms with Crippen LogP contribution in [0, 0.1) is 12.8 Å². The minimum Gasteiger partial charge on any atom is -0.360 e. The number of rotatable bonds is 6. The van der Waals surface area contributed by atoms with Gasteiger partial charge in [0.2, 0.25) is 0 Å². The summed E-state index contributed by atoms with van der Waals surface area (Å²) < 4.78 is 7.51. The van der Waals surface area contributed by atoms with Crippen LogP contribution in [0.5, 0.6) is 0 Å². The molecule has 2 aromatic heterocycles. The van der Waals surface area contributed by atoms with Crippen LogP contribution in [0.2, 0.25) is 0 Å². The molecule has 0 bridgehead atoms. The molecule has 2 aromatic rings. The number of nitrogens with zero attached hydrogens (tertiary/aromatic N) is 5. The van der Waals surface area contributed by atoms with Gasteiger partial charge >= 0.3 is 0 Å². The highest BCUT2D eigenvalue weighted by atomic mass is 16.5. The fourth-order valence-corrected chi connectivity index (χ4v) is 4.65. The summed E-state index contributed by atoms with van der Waals surface area (Å²) in [6, 6.07) is 2.36. The first-order valence-electron chi connectivity index (χ1n) is 10.9. The molecule has 0 spiro atoms. The van der Waals surface area contributed by atoms with Gasteiger partial charge in [0.15, 0.2) is 11.5 Å². The average Bonchev–Trinajstić information content (AvgIpc) is 3.41. The van der Waals surface area contributed by atoms with Crippen molar-refractivity contribution in [3.63, 3.8) is 0 Å². The Morgan fingerprint density at radius 2 is 2.10 bits per heavy atom. The van der Waals surface area contributed by atoms with E-state index in [9.17, 15) is 4.79 Å². The highest BCUT2D eigenvalue weighted by Gasteiger charge is 2.33. The molecule has 7 heteroatoms. The largest absolute Gasteiger partial charge is 0.360 e. The molecule has 29 heavy (non-hydrogen) atoms. The molecule has 1 unspecified atom stereocenters. The molecule has 2 aliphatic rings. The number of carbonyl (C=O) groups excluding carboxylic acids is 1. The molecule has 0 N–H and O–H groups in total. The second-order valence-electron chi connectivity index (χ2n) is 9.10. The molecule has 3 heterocycles. The highest BCUT2D eigenvalue weighted by molar-refractivity contribution is 5.94. The normalized spacial score (nSPS) is 19.4. The van der Waals surface area contributed by atoms with Crippen molar-refractivity contribution >= 4 is 5.91 Å². The van der Waals surface area contributed by atoms with Crippen LogP contribution in [0.3, 0.4) is 0 Å². The van der Waals surface area contributed by atoms with E-state index in [0.717, 1.165) is 69.7 Å². The summed E-state index contributed by atoms with van der Waals surface area (Å²) in [5, 5.41) is 8.83. The first-order valence-corrected chi connectivity index (χ1v) is 10.9. The van der Waals surface area contributed by atoms with Crippen LogP contribution in [-0.4, -0.2) is 56.8 Å². The first-order chi connectivity index (χ1) is 13.9. The van der Waals surface area contributed by atoms with Gasteiger partial charge in [-0.05, 0) is 52.0 Å². The lowest BCUT2D eigenvalue weighted by molar-refractivity contribution is 0.0784. The van der Waals surface area contributed by atoms with E-state index >= 15 is 0 Å². The van der Waals surface area contributed by atoms with Crippen LogP contribution in [-0.2, 0) is 25.9 Å². The Kier molecular flexibility index (Phi) is 5.76. The van der Waals surface area contributed by atoms with E-state index < -0.39 is 0 Å². The Balaban J connectivity index is 1.57. The molecule has 7 nitrogen and oxygen atoms in total. The van der Waals surface area contributed by atoms with Gasteiger partial charge in [-0.1, -0.05) is 19.0 Å². The summed E-state index contributed by atoms with van der Waals surface area (Å²) in [6.07, 6.45) is 5.10. The number of carbonyl (C=O) groups is 1. The highest BCUT2D eigenvalue weighted by Crippen LogP contribution is 2.29. The van der Waals surface area contributed by atoms with Crippen molar-refractivity contribution in [3.8, 4) is 0 Å². The van der Waals surface area contributed by atoms with Gasteiger partial charge < -0.3 is 9.42 Å². The third-order valence-corrected chi connectivity index (χ3v) is 6.16. The van der Waals surface area contributed by atoms with E-state index in [-0.39, 0.29) is 5.91 Å². The van der Waals surface area contributed by atoms with Crippen molar-refractivity contribution < 1.29 is 9.32 Å². The second-order valence-corrected chi connectivity index (χ2v) is 9.10. The Morgan fingerprint density at radius 1 is 1.34 bits per heavy atom. The zero-order valence-corrected chi connectivity index (χ0v) is 18.1. The van der Waals surface area contributed by atoms with E-state index in [0.29, 0.717) is 17.7 Å². The van der Waals surface area contributed by atoms with Crippen LogP contribution in [0.15, 0.2) is 10.6 Å². The minimum atomic E-state index is 0.121. The van der Waals surface area contributed by atoms with Gasteiger partial charge in [0.25, 0.3) is 5.91 Å². The molecule has 1 fully saturated rings. The molecular formula is C22H33N5O2. The number of fused-ring (bicyclic) bond motifs is 1. The minimum absolute atomic E-state index is 0.121. The summed E-state index contributed by atoms with van der Waals surface area (Å²) in [4.78, 5) is 17.5. The summed E-state index contributed by atoms with van der Waals surface area (Å²) in [5.74, 6) is 1.51. The van der Waals surface area contributed by atoms with Crippen molar-refractivity contribution in [2.24, 2.45) is 5.92 Å². The van der Waals surface area contributed by atoms with Crippen molar-refractivity contribution in [2.75, 3.05) is 20.1 Å². The first kappa shape index (κ1) is 20.1. The third kappa shape index (κ3) is 4.25. The lowest BCUT2D eigenvalue weighted by atomic mass is 9.90. The molecule has 0 radical (unpaired) electrons. The van der Waals surface area contributed by atoms with Crippen molar-refractivity contribution in [1.29, 1.82) is 0 Å². The fourth-order valence-electron chi connectivity index (χ4n) is 4.65. The second kappa shape index (κ2) is 8.30. The average molecular weight is 400 g/mol. The molecular weight excluding hydrogens is 366 g/mol. The van der Waals surface area contributed by atoms with Crippen molar-refractivity contribution in [1.82, 2.24) is 24.7 Å². The van der Waals surface area contributed by atoms with Gasteiger partial charge in [0, 0.05) is 43.0 Å². The SMILES string of the molecule is Cc1cc(CN(C)C2CCc3c(c(C(=O)N4CCCC4)nn3CC(C)C)C2)on1. The zero-order valence-electron chi connectivity index (χ0n) is 18.1. The molecule has 1 atom stereocenters. The number of hydrogen-bond donors (Lipinski definition) is 0. The van der Waals surface area contributed by atoms with Crippen LogP contribution >= 0.6 is 0 Å². The topological polar surface area (TPSA) is 67.4 Å². The summed E-state index contributed by atoms with van der Waals surface area (Å²) in [6.45, 7) is 9.67. The lowest BCUT2D eigenvalue weighted by Gasteiger charge is -2.31. The molecule has 1 aliphatic heterocycles. The maximum Gasteiger partial charge on any atom is 0.274 e. The molecule has 1 aliphatic carbocycles. The number of amides is 1. The van der Waals surface area contributed by atoms with Crippen LogP contribution in [0.25, 0.3) is 0 Å².